The Bertz CT molecular complexity index is 364. The number of carbonyl (C=O) groups excluding carboxylic acids is 1. The molecule has 0 aliphatic heterocycles. The van der Waals surface area contributed by atoms with Gasteiger partial charge in [-0.25, -0.2) is 0 Å². The van der Waals surface area contributed by atoms with Gasteiger partial charge in [-0.2, -0.15) is 0 Å². The summed E-state index contributed by atoms with van der Waals surface area (Å²) < 4.78 is 0.282. The molecule has 2 aliphatic rings. The van der Waals surface area contributed by atoms with Crippen molar-refractivity contribution >= 4 is 16.9 Å². The van der Waals surface area contributed by atoms with Gasteiger partial charge in [-0.1, -0.05) is 59.2 Å². The van der Waals surface area contributed by atoms with Gasteiger partial charge in [-0.05, 0) is 49.9 Å². The second-order valence-corrected chi connectivity index (χ2v) is 9.10. The van der Waals surface area contributed by atoms with Crippen molar-refractivity contribution in [3.63, 3.8) is 0 Å². The maximum Gasteiger partial charge on any atom is 0.195 e. The van der Waals surface area contributed by atoms with Crippen molar-refractivity contribution in [2.75, 3.05) is 0 Å². The van der Waals surface area contributed by atoms with Crippen LogP contribution in [0.5, 0.6) is 0 Å². The summed E-state index contributed by atoms with van der Waals surface area (Å²) in [6, 6.07) is 0. The molecule has 20 heavy (non-hydrogen) atoms. The van der Waals surface area contributed by atoms with Crippen LogP contribution in [0.4, 0.5) is 0 Å². The minimum Gasteiger partial charge on any atom is -0.287 e. The van der Waals surface area contributed by atoms with Crippen LogP contribution in [0.3, 0.4) is 0 Å². The summed E-state index contributed by atoms with van der Waals surface area (Å²) in [6.45, 7) is 11.1. The molecule has 0 saturated heterocycles. The van der Waals surface area contributed by atoms with E-state index in [9.17, 15) is 4.79 Å². The fourth-order valence-corrected chi connectivity index (χ4v) is 6.25. The van der Waals surface area contributed by atoms with Crippen LogP contribution in [0.2, 0.25) is 0 Å². The number of carbonyl (C=O) groups is 1. The van der Waals surface area contributed by atoms with Crippen molar-refractivity contribution in [2.45, 2.75) is 84.3 Å². The van der Waals surface area contributed by atoms with E-state index in [1.807, 2.05) is 0 Å². The summed E-state index contributed by atoms with van der Waals surface area (Å²) in [5.74, 6) is 2.16. The summed E-state index contributed by atoms with van der Waals surface area (Å²) in [5.41, 5.74) is -0.135. The first-order chi connectivity index (χ1) is 9.38. The Labute approximate surface area is 129 Å². The number of hydrogen-bond donors (Lipinski definition) is 0. The van der Waals surface area contributed by atoms with Crippen molar-refractivity contribution in [1.82, 2.24) is 0 Å². The highest BCUT2D eigenvalue weighted by molar-refractivity contribution is 8.14. The second kappa shape index (κ2) is 6.02. The molecule has 2 heteroatoms. The summed E-state index contributed by atoms with van der Waals surface area (Å²) in [5, 5.41) is 0.476. The van der Waals surface area contributed by atoms with Crippen molar-refractivity contribution in [1.29, 1.82) is 0 Å². The molecule has 2 aliphatic carbocycles. The Morgan fingerprint density at radius 1 is 1.35 bits per heavy atom. The normalized spacial score (nSPS) is 35.5. The largest absolute Gasteiger partial charge is 0.287 e. The number of rotatable bonds is 6. The molecule has 116 valence electrons. The molecule has 2 saturated carbocycles. The molecule has 2 rings (SSSR count). The Hall–Kier alpha value is 0.0200. The summed E-state index contributed by atoms with van der Waals surface area (Å²) in [4.78, 5) is 13.1. The average molecular weight is 297 g/mol. The van der Waals surface area contributed by atoms with Gasteiger partial charge in [0.15, 0.2) is 5.12 Å². The first-order valence-corrected chi connectivity index (χ1v) is 9.43. The fourth-order valence-electron chi connectivity index (χ4n) is 4.47. The minimum atomic E-state index is -0.135. The third-order valence-corrected chi connectivity index (χ3v) is 8.17. The molecule has 0 N–H and O–H groups in total. The van der Waals surface area contributed by atoms with Gasteiger partial charge in [0.25, 0.3) is 0 Å². The molecule has 2 bridgehead atoms. The van der Waals surface area contributed by atoms with Crippen LogP contribution < -0.4 is 0 Å². The van der Waals surface area contributed by atoms with E-state index in [0.717, 1.165) is 24.7 Å². The SMILES string of the molecule is CCCC(C)(C(=O)SC1(CC)CC2CCC1C2)C(C)C. The summed E-state index contributed by atoms with van der Waals surface area (Å²) in [6.07, 6.45) is 8.77. The van der Waals surface area contributed by atoms with E-state index in [2.05, 4.69) is 34.6 Å². The maximum atomic E-state index is 13.1. The van der Waals surface area contributed by atoms with Crippen molar-refractivity contribution in [3.8, 4) is 0 Å². The molecular formula is C18H32OS. The van der Waals surface area contributed by atoms with Crippen LogP contribution in [-0.2, 0) is 4.79 Å². The van der Waals surface area contributed by atoms with E-state index in [4.69, 9.17) is 0 Å². The smallest absolute Gasteiger partial charge is 0.195 e. The molecule has 0 aromatic carbocycles. The van der Waals surface area contributed by atoms with E-state index in [-0.39, 0.29) is 10.2 Å². The topological polar surface area (TPSA) is 17.1 Å². The van der Waals surface area contributed by atoms with E-state index in [1.54, 1.807) is 11.8 Å². The van der Waals surface area contributed by atoms with E-state index in [1.165, 1.54) is 32.1 Å². The highest BCUT2D eigenvalue weighted by Gasteiger charge is 2.53. The lowest BCUT2D eigenvalue weighted by Crippen LogP contribution is -2.38. The molecule has 0 spiro atoms. The van der Waals surface area contributed by atoms with Gasteiger partial charge in [-0.3, -0.25) is 4.79 Å². The van der Waals surface area contributed by atoms with Gasteiger partial charge in [0.05, 0.1) is 0 Å². The van der Waals surface area contributed by atoms with Gasteiger partial charge in [-0.15, -0.1) is 0 Å². The zero-order valence-corrected chi connectivity index (χ0v) is 14.8. The predicted octanol–water partition coefficient (Wildman–Crippen LogP) is 5.68. The highest BCUT2D eigenvalue weighted by Crippen LogP contribution is 2.60. The van der Waals surface area contributed by atoms with Gasteiger partial charge >= 0.3 is 0 Å². The number of fused-ring (bicyclic) bond motifs is 2. The monoisotopic (exact) mass is 296 g/mol. The number of thioether (sulfide) groups is 1. The molecule has 0 radical (unpaired) electrons. The Kier molecular flexibility index (Phi) is 4.94. The standard InChI is InChI=1S/C18H32OS/c1-6-10-17(5,13(3)4)16(19)20-18(7-2)12-14-8-9-15(18)11-14/h13-15H,6-12H2,1-5H3. The van der Waals surface area contributed by atoms with E-state index >= 15 is 0 Å². The lowest BCUT2D eigenvalue weighted by Gasteiger charge is -2.40. The summed E-state index contributed by atoms with van der Waals surface area (Å²) in [7, 11) is 0. The van der Waals surface area contributed by atoms with Crippen molar-refractivity contribution in [3.05, 3.63) is 0 Å². The lowest BCUT2D eigenvalue weighted by molar-refractivity contribution is -0.121. The van der Waals surface area contributed by atoms with Gasteiger partial charge < -0.3 is 0 Å². The highest BCUT2D eigenvalue weighted by atomic mass is 32.2. The van der Waals surface area contributed by atoms with Gasteiger partial charge in [0, 0.05) is 10.2 Å². The average Bonchev–Trinajstić information content (AvgIpc) is 2.99. The quantitative estimate of drug-likeness (QED) is 0.627. The fraction of sp³-hybridized carbons (Fsp3) is 0.944. The number of hydrogen-bond acceptors (Lipinski definition) is 2. The lowest BCUT2D eigenvalue weighted by atomic mass is 9.77. The predicted molar refractivity (Wildman–Crippen MR) is 88.9 cm³/mol. The van der Waals surface area contributed by atoms with Crippen LogP contribution in [0.25, 0.3) is 0 Å². The second-order valence-electron chi connectivity index (χ2n) is 7.71. The first kappa shape index (κ1) is 16.4. The van der Waals surface area contributed by atoms with Gasteiger partial charge in [0.2, 0.25) is 0 Å². The van der Waals surface area contributed by atoms with Crippen LogP contribution in [0, 0.1) is 23.2 Å². The van der Waals surface area contributed by atoms with Crippen LogP contribution in [0.1, 0.15) is 79.6 Å². The van der Waals surface area contributed by atoms with Crippen LogP contribution in [0.15, 0.2) is 0 Å². The third-order valence-electron chi connectivity index (χ3n) is 6.32. The van der Waals surface area contributed by atoms with E-state index in [0.29, 0.717) is 11.0 Å². The molecular weight excluding hydrogens is 264 g/mol. The minimum absolute atomic E-state index is 0.135. The molecule has 4 atom stereocenters. The third kappa shape index (κ3) is 2.69. The zero-order chi connectivity index (χ0) is 15.0. The van der Waals surface area contributed by atoms with E-state index < -0.39 is 0 Å². The van der Waals surface area contributed by atoms with Crippen LogP contribution in [-0.4, -0.2) is 9.86 Å². The maximum absolute atomic E-state index is 13.1. The molecule has 0 heterocycles. The summed E-state index contributed by atoms with van der Waals surface area (Å²) >= 11 is 1.75. The van der Waals surface area contributed by atoms with Crippen molar-refractivity contribution < 1.29 is 4.79 Å². The Morgan fingerprint density at radius 2 is 2.05 bits per heavy atom. The zero-order valence-electron chi connectivity index (χ0n) is 14.0. The van der Waals surface area contributed by atoms with Gasteiger partial charge in [0.1, 0.15) is 0 Å². The van der Waals surface area contributed by atoms with Crippen LogP contribution >= 0.6 is 11.8 Å². The van der Waals surface area contributed by atoms with Crippen molar-refractivity contribution in [2.24, 2.45) is 23.2 Å². The molecule has 0 amide bonds. The molecule has 0 aromatic heterocycles. The molecule has 4 unspecified atom stereocenters. The Morgan fingerprint density at radius 3 is 2.45 bits per heavy atom. The first-order valence-electron chi connectivity index (χ1n) is 8.61. The Balaban J connectivity index is 2.13. The molecule has 1 nitrogen and oxygen atoms in total. The molecule has 2 fully saturated rings. The molecule has 0 aromatic rings.